The first-order chi connectivity index (χ1) is 28.7. The summed E-state index contributed by atoms with van der Waals surface area (Å²) in [5.41, 5.74) is 14.1. The molecule has 1 heterocycles. The fourth-order valence-electron chi connectivity index (χ4n) is 8.64. The Labute approximate surface area is 338 Å². The van der Waals surface area contributed by atoms with Crippen LogP contribution in [0.25, 0.3) is 82.4 Å². The van der Waals surface area contributed by atoms with Gasteiger partial charge >= 0.3 is 0 Å². The summed E-state index contributed by atoms with van der Waals surface area (Å²) >= 11 is 0. The van der Waals surface area contributed by atoms with Crippen LogP contribution in [-0.4, -0.2) is 4.57 Å². The van der Waals surface area contributed by atoms with Crippen LogP contribution in [0.15, 0.2) is 231 Å². The zero-order valence-electron chi connectivity index (χ0n) is 31.8. The average molecular weight is 739 g/mol. The topological polar surface area (TPSA) is 8.17 Å². The molecule has 0 aliphatic carbocycles. The normalized spacial score (nSPS) is 11.4. The first kappa shape index (κ1) is 33.6. The molecule has 11 aromatic rings. The van der Waals surface area contributed by atoms with Gasteiger partial charge in [0.15, 0.2) is 0 Å². The van der Waals surface area contributed by atoms with Crippen LogP contribution in [0, 0.1) is 0 Å². The predicted molar refractivity (Wildman–Crippen MR) is 247 cm³/mol. The van der Waals surface area contributed by atoms with Gasteiger partial charge in [-0.15, -0.1) is 0 Å². The minimum absolute atomic E-state index is 1.10. The molecule has 0 atom stereocenters. The van der Waals surface area contributed by atoms with Crippen LogP contribution in [0.1, 0.15) is 0 Å². The average Bonchev–Trinajstić information content (AvgIpc) is 3.63. The van der Waals surface area contributed by atoms with Crippen LogP contribution in [0.2, 0.25) is 0 Å². The number of aromatic nitrogens is 1. The van der Waals surface area contributed by atoms with E-state index in [2.05, 4.69) is 240 Å². The van der Waals surface area contributed by atoms with Crippen LogP contribution >= 0.6 is 0 Å². The molecule has 0 spiro atoms. The molecule has 2 heteroatoms. The SMILES string of the molecule is c1ccc(-c2cccc(N(c3ccc(-c4ccc5ccc(-c6ccc7ccccc7c6)cc5c4)cc3)c3ccc4c(c3)c3ccccc3n4-c3ccccc3)c2)cc1. The van der Waals surface area contributed by atoms with Gasteiger partial charge in [-0.2, -0.15) is 0 Å². The Morgan fingerprint density at radius 3 is 1.52 bits per heavy atom. The Morgan fingerprint density at radius 1 is 0.259 bits per heavy atom. The predicted octanol–water partition coefficient (Wildman–Crippen LogP) is 15.6. The maximum atomic E-state index is 2.39. The van der Waals surface area contributed by atoms with Gasteiger partial charge in [0.2, 0.25) is 0 Å². The highest BCUT2D eigenvalue weighted by molar-refractivity contribution is 6.10. The summed E-state index contributed by atoms with van der Waals surface area (Å²) in [5, 5.41) is 7.44. The maximum Gasteiger partial charge on any atom is 0.0542 e. The van der Waals surface area contributed by atoms with Crippen molar-refractivity contribution in [1.29, 1.82) is 0 Å². The Hall–Kier alpha value is -7.68. The van der Waals surface area contributed by atoms with E-state index in [9.17, 15) is 0 Å². The number of hydrogen-bond donors (Lipinski definition) is 0. The first-order valence-electron chi connectivity index (χ1n) is 19.9. The van der Waals surface area contributed by atoms with Crippen molar-refractivity contribution in [3.63, 3.8) is 0 Å². The van der Waals surface area contributed by atoms with Gasteiger partial charge in [0.05, 0.1) is 11.0 Å². The highest BCUT2D eigenvalue weighted by Gasteiger charge is 2.18. The summed E-state index contributed by atoms with van der Waals surface area (Å²) in [4.78, 5) is 2.39. The van der Waals surface area contributed by atoms with Gasteiger partial charge in [0, 0.05) is 33.5 Å². The lowest BCUT2D eigenvalue weighted by Crippen LogP contribution is -2.10. The molecule has 0 saturated heterocycles. The summed E-state index contributed by atoms with van der Waals surface area (Å²) in [6, 6.07) is 83.7. The molecule has 0 bridgehead atoms. The Morgan fingerprint density at radius 2 is 0.759 bits per heavy atom. The van der Waals surface area contributed by atoms with E-state index in [1.54, 1.807) is 0 Å². The van der Waals surface area contributed by atoms with Crippen molar-refractivity contribution in [2.75, 3.05) is 4.90 Å². The molecular formula is C56H38N2. The van der Waals surface area contributed by atoms with Crippen molar-refractivity contribution >= 4 is 60.4 Å². The number of benzene rings is 10. The molecule has 272 valence electrons. The highest BCUT2D eigenvalue weighted by Crippen LogP contribution is 2.41. The van der Waals surface area contributed by atoms with Crippen LogP contribution in [0.5, 0.6) is 0 Å². The lowest BCUT2D eigenvalue weighted by molar-refractivity contribution is 1.18. The number of para-hydroxylation sites is 2. The summed E-state index contributed by atoms with van der Waals surface area (Å²) in [6.45, 7) is 0. The lowest BCUT2D eigenvalue weighted by Gasteiger charge is -2.26. The van der Waals surface area contributed by atoms with Gasteiger partial charge in [-0.25, -0.2) is 0 Å². The molecule has 58 heavy (non-hydrogen) atoms. The number of hydrogen-bond acceptors (Lipinski definition) is 1. The Kier molecular flexibility index (Phi) is 8.19. The van der Waals surface area contributed by atoms with E-state index in [0.29, 0.717) is 0 Å². The van der Waals surface area contributed by atoms with E-state index in [0.717, 1.165) is 22.7 Å². The minimum atomic E-state index is 1.10. The van der Waals surface area contributed by atoms with Gasteiger partial charge in [0.1, 0.15) is 0 Å². The standard InChI is InChI=1S/C56H38N2/c1-3-12-39(13-4-1)44-16-11-19-51(37-44)57(52-32-33-56-54(38-52)53-20-9-10-21-55(53)58(56)49-17-5-2-6-18-49)50-30-28-41(29-31-50)45-25-23-42-24-27-47(36-48(42)35-45)46-26-22-40-14-7-8-15-43(40)34-46/h1-38H. The Bertz CT molecular complexity index is 3270. The summed E-state index contributed by atoms with van der Waals surface area (Å²) in [7, 11) is 0. The first-order valence-corrected chi connectivity index (χ1v) is 19.9. The number of fused-ring (bicyclic) bond motifs is 5. The fourth-order valence-corrected chi connectivity index (χ4v) is 8.64. The van der Waals surface area contributed by atoms with E-state index in [1.165, 1.54) is 76.7 Å². The zero-order valence-corrected chi connectivity index (χ0v) is 31.8. The maximum absolute atomic E-state index is 2.39. The molecule has 0 aliphatic rings. The van der Waals surface area contributed by atoms with Crippen LogP contribution in [-0.2, 0) is 0 Å². The minimum Gasteiger partial charge on any atom is -0.310 e. The monoisotopic (exact) mass is 738 g/mol. The van der Waals surface area contributed by atoms with Crippen LogP contribution in [0.3, 0.4) is 0 Å². The molecule has 0 saturated carbocycles. The molecule has 0 radical (unpaired) electrons. The van der Waals surface area contributed by atoms with Gasteiger partial charge in [-0.3, -0.25) is 0 Å². The molecule has 0 N–H and O–H groups in total. The molecule has 2 nitrogen and oxygen atoms in total. The quantitative estimate of drug-likeness (QED) is 0.158. The summed E-state index contributed by atoms with van der Waals surface area (Å²) in [6.07, 6.45) is 0. The van der Waals surface area contributed by atoms with E-state index in [4.69, 9.17) is 0 Å². The van der Waals surface area contributed by atoms with Gasteiger partial charge in [0.25, 0.3) is 0 Å². The van der Waals surface area contributed by atoms with E-state index >= 15 is 0 Å². The van der Waals surface area contributed by atoms with Crippen molar-refractivity contribution in [2.45, 2.75) is 0 Å². The van der Waals surface area contributed by atoms with Gasteiger partial charge in [-0.05, 0) is 134 Å². The molecule has 10 aromatic carbocycles. The van der Waals surface area contributed by atoms with E-state index in [-0.39, 0.29) is 0 Å². The van der Waals surface area contributed by atoms with Crippen LogP contribution in [0.4, 0.5) is 17.1 Å². The molecule has 0 aliphatic heterocycles. The molecule has 0 fully saturated rings. The van der Waals surface area contributed by atoms with Crippen molar-refractivity contribution in [3.8, 4) is 39.1 Å². The smallest absolute Gasteiger partial charge is 0.0542 e. The summed E-state index contributed by atoms with van der Waals surface area (Å²) in [5.74, 6) is 0. The van der Waals surface area contributed by atoms with Crippen molar-refractivity contribution in [1.82, 2.24) is 4.57 Å². The molecular weight excluding hydrogens is 701 g/mol. The second kappa shape index (κ2) is 14.1. The zero-order chi connectivity index (χ0) is 38.4. The molecule has 1 aromatic heterocycles. The van der Waals surface area contributed by atoms with Gasteiger partial charge in [-0.1, -0.05) is 152 Å². The summed E-state index contributed by atoms with van der Waals surface area (Å²) < 4.78 is 2.37. The molecule has 11 rings (SSSR count). The number of rotatable bonds is 7. The van der Waals surface area contributed by atoms with Crippen molar-refractivity contribution < 1.29 is 0 Å². The van der Waals surface area contributed by atoms with E-state index in [1.807, 2.05) is 0 Å². The lowest BCUT2D eigenvalue weighted by atomic mass is 9.96. The van der Waals surface area contributed by atoms with Crippen molar-refractivity contribution in [3.05, 3.63) is 231 Å². The Balaban J connectivity index is 1.01. The second-order valence-corrected chi connectivity index (χ2v) is 15.0. The van der Waals surface area contributed by atoms with E-state index < -0.39 is 0 Å². The number of anilines is 3. The fraction of sp³-hybridized carbons (Fsp3) is 0. The number of nitrogens with zero attached hydrogens (tertiary/aromatic N) is 2. The largest absolute Gasteiger partial charge is 0.310 e. The van der Waals surface area contributed by atoms with Crippen LogP contribution < -0.4 is 4.90 Å². The molecule has 0 amide bonds. The second-order valence-electron chi connectivity index (χ2n) is 15.0. The third-order valence-electron chi connectivity index (χ3n) is 11.5. The van der Waals surface area contributed by atoms with Crippen molar-refractivity contribution in [2.24, 2.45) is 0 Å². The van der Waals surface area contributed by atoms with Gasteiger partial charge < -0.3 is 9.47 Å². The third kappa shape index (κ3) is 6.00. The highest BCUT2D eigenvalue weighted by atomic mass is 15.1. The third-order valence-corrected chi connectivity index (χ3v) is 11.5. The molecule has 0 unspecified atom stereocenters.